The van der Waals surface area contributed by atoms with Crippen LogP contribution in [0, 0.1) is 0 Å². The molecular formula is C21H32N2O4S. The van der Waals surface area contributed by atoms with Gasteiger partial charge in [0, 0.05) is 12.1 Å². The van der Waals surface area contributed by atoms with Gasteiger partial charge in [-0.25, -0.2) is 13.1 Å². The van der Waals surface area contributed by atoms with Crippen LogP contribution >= 0.6 is 0 Å². The molecule has 1 aromatic carbocycles. The Labute approximate surface area is 168 Å². The zero-order chi connectivity index (χ0) is 20.0. The number of amides is 1. The average molecular weight is 409 g/mol. The molecular weight excluding hydrogens is 376 g/mol. The molecule has 28 heavy (non-hydrogen) atoms. The number of carbonyl (C=O) groups excluding carboxylic acids is 1. The Morgan fingerprint density at radius 3 is 2.11 bits per heavy atom. The van der Waals surface area contributed by atoms with E-state index in [1.807, 2.05) is 0 Å². The highest BCUT2D eigenvalue weighted by molar-refractivity contribution is 7.89. The van der Waals surface area contributed by atoms with Crippen LogP contribution in [0.3, 0.4) is 0 Å². The molecule has 2 N–H and O–H groups in total. The first-order valence-electron chi connectivity index (χ1n) is 10.5. The second-order valence-electron chi connectivity index (χ2n) is 7.98. The smallest absolute Gasteiger partial charge is 0.255 e. The van der Waals surface area contributed by atoms with Gasteiger partial charge in [0.2, 0.25) is 10.0 Å². The largest absolute Gasteiger partial charge is 0.496 e. The van der Waals surface area contributed by atoms with Crippen LogP contribution in [-0.2, 0) is 10.0 Å². The van der Waals surface area contributed by atoms with Crippen LogP contribution in [0.1, 0.15) is 81.0 Å². The Hall–Kier alpha value is -1.60. The summed E-state index contributed by atoms with van der Waals surface area (Å²) in [7, 11) is -2.18. The Bertz CT molecular complexity index is 765. The molecule has 2 fully saturated rings. The van der Waals surface area contributed by atoms with E-state index in [1.165, 1.54) is 25.7 Å². The quantitative estimate of drug-likeness (QED) is 0.702. The Morgan fingerprint density at radius 2 is 1.50 bits per heavy atom. The van der Waals surface area contributed by atoms with Gasteiger partial charge in [0.05, 0.1) is 17.6 Å². The first kappa shape index (κ1) is 21.1. The maximum Gasteiger partial charge on any atom is 0.255 e. The minimum Gasteiger partial charge on any atom is -0.496 e. The molecule has 0 aromatic heterocycles. The Kier molecular flexibility index (Phi) is 7.35. The second kappa shape index (κ2) is 9.74. The van der Waals surface area contributed by atoms with Crippen LogP contribution < -0.4 is 14.8 Å². The molecule has 3 rings (SSSR count). The third-order valence-corrected chi connectivity index (χ3v) is 7.36. The summed E-state index contributed by atoms with van der Waals surface area (Å²) >= 11 is 0. The number of sulfonamides is 1. The van der Waals surface area contributed by atoms with E-state index in [-0.39, 0.29) is 28.4 Å². The van der Waals surface area contributed by atoms with E-state index < -0.39 is 10.0 Å². The van der Waals surface area contributed by atoms with Crippen LogP contribution in [0.25, 0.3) is 0 Å². The maximum atomic E-state index is 12.9. The predicted molar refractivity (Wildman–Crippen MR) is 109 cm³/mol. The summed E-state index contributed by atoms with van der Waals surface area (Å²) in [6, 6.07) is 4.63. The molecule has 0 radical (unpaired) electrons. The number of nitrogens with one attached hydrogen (secondary N) is 2. The number of benzene rings is 1. The van der Waals surface area contributed by atoms with Crippen molar-refractivity contribution in [3.63, 3.8) is 0 Å². The third kappa shape index (κ3) is 5.47. The van der Waals surface area contributed by atoms with Gasteiger partial charge in [-0.05, 0) is 43.9 Å². The number of carbonyl (C=O) groups is 1. The molecule has 2 aliphatic rings. The summed E-state index contributed by atoms with van der Waals surface area (Å²) in [5.74, 6) is 0.122. The van der Waals surface area contributed by atoms with Crippen LogP contribution in [0.15, 0.2) is 23.1 Å². The Morgan fingerprint density at radius 1 is 0.929 bits per heavy atom. The maximum absolute atomic E-state index is 12.9. The van der Waals surface area contributed by atoms with E-state index in [0.29, 0.717) is 5.75 Å². The normalized spacial score (nSPS) is 19.8. The Balaban J connectivity index is 1.77. The molecule has 0 heterocycles. The summed E-state index contributed by atoms with van der Waals surface area (Å²) in [6.45, 7) is 0. The summed E-state index contributed by atoms with van der Waals surface area (Å²) in [4.78, 5) is 12.9. The van der Waals surface area contributed by atoms with Crippen LogP contribution in [0.5, 0.6) is 5.75 Å². The highest BCUT2D eigenvalue weighted by atomic mass is 32.2. The van der Waals surface area contributed by atoms with Gasteiger partial charge in [-0.15, -0.1) is 0 Å². The van der Waals surface area contributed by atoms with Crippen LogP contribution in [0.2, 0.25) is 0 Å². The summed E-state index contributed by atoms with van der Waals surface area (Å²) < 4.78 is 33.9. The molecule has 156 valence electrons. The number of ether oxygens (including phenoxy) is 1. The van der Waals surface area contributed by atoms with Gasteiger partial charge in [0.1, 0.15) is 5.75 Å². The van der Waals surface area contributed by atoms with E-state index in [9.17, 15) is 13.2 Å². The van der Waals surface area contributed by atoms with Crippen molar-refractivity contribution in [3.8, 4) is 5.75 Å². The van der Waals surface area contributed by atoms with E-state index in [4.69, 9.17) is 4.74 Å². The standard InChI is InChI=1S/C21H32N2O4S/c1-27-20-14-13-18(28(25,26)23-17-11-5-2-3-6-12-17)15-19(20)21(24)22-16-9-7-4-8-10-16/h13-17,23H,2-12H2,1H3,(H,22,24). The molecule has 2 saturated carbocycles. The molecule has 0 saturated heterocycles. The lowest BCUT2D eigenvalue weighted by atomic mass is 9.95. The van der Waals surface area contributed by atoms with Gasteiger partial charge in [-0.3, -0.25) is 4.79 Å². The number of hydrogen-bond donors (Lipinski definition) is 2. The van der Waals surface area contributed by atoms with Crippen molar-refractivity contribution < 1.29 is 17.9 Å². The first-order chi connectivity index (χ1) is 13.5. The predicted octanol–water partition coefficient (Wildman–Crippen LogP) is 3.76. The number of hydrogen-bond acceptors (Lipinski definition) is 4. The van der Waals surface area contributed by atoms with Gasteiger partial charge < -0.3 is 10.1 Å². The van der Waals surface area contributed by atoms with Crippen LogP contribution in [-0.4, -0.2) is 33.5 Å². The van der Waals surface area contributed by atoms with Crippen molar-refractivity contribution in [1.29, 1.82) is 0 Å². The lowest BCUT2D eigenvalue weighted by molar-refractivity contribution is 0.0924. The molecule has 0 aliphatic heterocycles. The zero-order valence-corrected chi connectivity index (χ0v) is 17.5. The third-order valence-electron chi connectivity index (χ3n) is 5.84. The van der Waals surface area contributed by atoms with Crippen molar-refractivity contribution >= 4 is 15.9 Å². The van der Waals surface area contributed by atoms with Crippen molar-refractivity contribution in [3.05, 3.63) is 23.8 Å². The van der Waals surface area contributed by atoms with Crippen molar-refractivity contribution in [2.45, 2.75) is 87.6 Å². The van der Waals surface area contributed by atoms with Gasteiger partial charge in [-0.2, -0.15) is 0 Å². The fourth-order valence-corrected chi connectivity index (χ4v) is 5.56. The summed E-state index contributed by atoms with van der Waals surface area (Å²) in [6.07, 6.45) is 11.5. The van der Waals surface area contributed by atoms with Crippen molar-refractivity contribution in [1.82, 2.24) is 10.0 Å². The summed E-state index contributed by atoms with van der Waals surface area (Å²) in [5, 5.41) is 3.04. The van der Waals surface area contributed by atoms with Crippen molar-refractivity contribution in [2.75, 3.05) is 7.11 Å². The minimum atomic E-state index is -3.68. The van der Waals surface area contributed by atoms with Crippen molar-refractivity contribution in [2.24, 2.45) is 0 Å². The highest BCUT2D eigenvalue weighted by Crippen LogP contribution is 2.25. The van der Waals surface area contributed by atoms with E-state index in [1.54, 1.807) is 6.07 Å². The van der Waals surface area contributed by atoms with Gasteiger partial charge in [-0.1, -0.05) is 44.9 Å². The fourth-order valence-electron chi connectivity index (χ4n) is 4.23. The SMILES string of the molecule is COc1ccc(S(=O)(=O)NC2CCCCCC2)cc1C(=O)NC1CCCCC1. The fraction of sp³-hybridized carbons (Fsp3) is 0.667. The highest BCUT2D eigenvalue weighted by Gasteiger charge is 2.25. The second-order valence-corrected chi connectivity index (χ2v) is 9.69. The molecule has 0 bridgehead atoms. The van der Waals surface area contributed by atoms with Gasteiger partial charge in [0.15, 0.2) is 0 Å². The topological polar surface area (TPSA) is 84.5 Å². The molecule has 0 spiro atoms. The molecule has 1 aromatic rings. The van der Waals surface area contributed by atoms with E-state index >= 15 is 0 Å². The van der Waals surface area contributed by atoms with Gasteiger partial charge >= 0.3 is 0 Å². The van der Waals surface area contributed by atoms with E-state index in [0.717, 1.165) is 64.2 Å². The monoisotopic (exact) mass is 408 g/mol. The minimum absolute atomic E-state index is 0.0332. The van der Waals surface area contributed by atoms with E-state index in [2.05, 4.69) is 10.0 Å². The van der Waals surface area contributed by atoms with Crippen LogP contribution in [0.4, 0.5) is 0 Å². The molecule has 6 nitrogen and oxygen atoms in total. The number of rotatable bonds is 6. The molecule has 0 unspecified atom stereocenters. The van der Waals surface area contributed by atoms with Gasteiger partial charge in [0.25, 0.3) is 5.91 Å². The molecule has 1 amide bonds. The number of methoxy groups -OCH3 is 1. The first-order valence-corrected chi connectivity index (χ1v) is 12.0. The molecule has 2 aliphatic carbocycles. The summed E-state index contributed by atoms with van der Waals surface area (Å²) in [5.41, 5.74) is 0.275. The molecule has 0 atom stereocenters. The zero-order valence-electron chi connectivity index (χ0n) is 16.7. The average Bonchev–Trinajstić information content (AvgIpc) is 2.96. The molecule has 7 heteroatoms. The lowest BCUT2D eigenvalue weighted by Crippen LogP contribution is -2.37. The lowest BCUT2D eigenvalue weighted by Gasteiger charge is -2.23.